The fraction of sp³-hybridized carbons (Fsp3) is 0.217. The van der Waals surface area contributed by atoms with E-state index in [2.05, 4.69) is 15.0 Å². The Hall–Kier alpha value is -2.94. The molecule has 0 bridgehead atoms. The lowest BCUT2D eigenvalue weighted by Crippen LogP contribution is -2.24. The fourth-order valence-electron chi connectivity index (χ4n) is 3.26. The SMILES string of the molecule is O=C(O)c1cc(S(=O)(=O)NCc2ccncc2)ccc1NCC(CCCl)c1ccccc1. The molecule has 0 spiro atoms. The van der Waals surface area contributed by atoms with Crippen molar-refractivity contribution in [3.8, 4) is 0 Å². The largest absolute Gasteiger partial charge is 0.478 e. The number of rotatable bonds is 11. The lowest BCUT2D eigenvalue weighted by atomic mass is 9.96. The van der Waals surface area contributed by atoms with E-state index in [9.17, 15) is 18.3 Å². The average molecular weight is 474 g/mol. The molecule has 0 aliphatic heterocycles. The molecule has 1 unspecified atom stereocenters. The number of sulfonamides is 1. The van der Waals surface area contributed by atoms with Gasteiger partial charge in [-0.1, -0.05) is 30.3 Å². The second-order valence-electron chi connectivity index (χ2n) is 7.16. The van der Waals surface area contributed by atoms with Gasteiger partial charge in [0.2, 0.25) is 10.0 Å². The summed E-state index contributed by atoms with van der Waals surface area (Å²) in [6.07, 6.45) is 3.85. The zero-order valence-corrected chi connectivity index (χ0v) is 18.8. The molecule has 168 valence electrons. The maximum Gasteiger partial charge on any atom is 0.337 e. The minimum atomic E-state index is -3.89. The number of carboxylic acids is 1. The van der Waals surface area contributed by atoms with Crippen LogP contribution in [0.5, 0.6) is 0 Å². The first-order valence-corrected chi connectivity index (χ1v) is 12.0. The average Bonchev–Trinajstić information content (AvgIpc) is 2.81. The maximum absolute atomic E-state index is 12.7. The predicted octanol–water partition coefficient (Wildman–Crippen LogP) is 4.08. The Morgan fingerprint density at radius 3 is 2.44 bits per heavy atom. The number of nitrogens with one attached hydrogen (secondary N) is 2. The summed E-state index contributed by atoms with van der Waals surface area (Å²) in [5.41, 5.74) is 2.07. The van der Waals surface area contributed by atoms with E-state index in [0.29, 0.717) is 24.5 Å². The molecule has 2 aromatic carbocycles. The predicted molar refractivity (Wildman–Crippen MR) is 125 cm³/mol. The molecule has 0 saturated heterocycles. The molecule has 0 saturated carbocycles. The maximum atomic E-state index is 12.7. The first-order valence-electron chi connectivity index (χ1n) is 10.0. The van der Waals surface area contributed by atoms with E-state index in [1.165, 1.54) is 18.2 Å². The van der Waals surface area contributed by atoms with Crippen LogP contribution in [0.4, 0.5) is 5.69 Å². The molecule has 1 aromatic heterocycles. The van der Waals surface area contributed by atoms with E-state index in [-0.39, 0.29) is 22.9 Å². The summed E-state index contributed by atoms with van der Waals surface area (Å²) in [6, 6.07) is 17.2. The molecular formula is C23H24ClN3O4S. The first-order chi connectivity index (χ1) is 15.4. The Morgan fingerprint density at radius 2 is 1.78 bits per heavy atom. The van der Waals surface area contributed by atoms with Crippen molar-refractivity contribution >= 4 is 33.3 Å². The third kappa shape index (κ3) is 6.29. The Morgan fingerprint density at radius 1 is 1.06 bits per heavy atom. The van der Waals surface area contributed by atoms with Gasteiger partial charge in [0.1, 0.15) is 0 Å². The number of anilines is 1. The van der Waals surface area contributed by atoms with Crippen LogP contribution in [0, 0.1) is 0 Å². The molecule has 3 aromatic rings. The highest BCUT2D eigenvalue weighted by molar-refractivity contribution is 7.89. The minimum absolute atomic E-state index is 0.0739. The number of aromatic carboxylic acids is 1. The highest BCUT2D eigenvalue weighted by atomic mass is 35.5. The van der Waals surface area contributed by atoms with Crippen molar-refractivity contribution in [2.75, 3.05) is 17.7 Å². The molecule has 7 nitrogen and oxygen atoms in total. The third-order valence-corrected chi connectivity index (χ3v) is 6.63. The van der Waals surface area contributed by atoms with E-state index < -0.39 is 16.0 Å². The second-order valence-corrected chi connectivity index (χ2v) is 9.30. The van der Waals surface area contributed by atoms with Gasteiger partial charge >= 0.3 is 5.97 Å². The Balaban J connectivity index is 1.77. The van der Waals surface area contributed by atoms with Gasteiger partial charge in [-0.2, -0.15) is 0 Å². The van der Waals surface area contributed by atoms with Crippen molar-refractivity contribution in [3.05, 3.63) is 89.7 Å². The number of hydrogen-bond donors (Lipinski definition) is 3. The molecular weight excluding hydrogens is 450 g/mol. The monoisotopic (exact) mass is 473 g/mol. The van der Waals surface area contributed by atoms with Crippen LogP contribution in [-0.4, -0.2) is 36.9 Å². The van der Waals surface area contributed by atoms with Gasteiger partial charge in [0.05, 0.1) is 10.5 Å². The van der Waals surface area contributed by atoms with Gasteiger partial charge in [0.25, 0.3) is 0 Å². The van der Waals surface area contributed by atoms with Gasteiger partial charge in [-0.3, -0.25) is 4.98 Å². The molecule has 0 aliphatic rings. The van der Waals surface area contributed by atoms with E-state index in [1.54, 1.807) is 24.5 Å². The molecule has 1 heterocycles. The van der Waals surface area contributed by atoms with Crippen LogP contribution >= 0.6 is 11.6 Å². The number of carboxylic acid groups (broad SMARTS) is 1. The first kappa shape index (κ1) is 23.7. The van der Waals surface area contributed by atoms with E-state index in [1.807, 2.05) is 30.3 Å². The highest BCUT2D eigenvalue weighted by Gasteiger charge is 2.20. The Labute approximate surface area is 192 Å². The van der Waals surface area contributed by atoms with Crippen molar-refractivity contribution in [3.63, 3.8) is 0 Å². The summed E-state index contributed by atoms with van der Waals surface area (Å²) in [4.78, 5) is 15.6. The van der Waals surface area contributed by atoms with Crippen LogP contribution in [-0.2, 0) is 16.6 Å². The highest BCUT2D eigenvalue weighted by Crippen LogP contribution is 2.25. The van der Waals surface area contributed by atoms with Gasteiger partial charge in [-0.05, 0) is 47.9 Å². The minimum Gasteiger partial charge on any atom is -0.478 e. The summed E-state index contributed by atoms with van der Waals surface area (Å²) in [6.45, 7) is 0.536. The van der Waals surface area contributed by atoms with E-state index in [4.69, 9.17) is 11.6 Å². The standard InChI is InChI=1S/C23H24ClN3O4S/c24-11-8-19(18-4-2-1-3-5-18)16-26-22-7-6-20(14-21(22)23(28)29)32(30,31)27-15-17-9-12-25-13-10-17/h1-7,9-10,12-14,19,26-27H,8,11,15-16H2,(H,28,29). The smallest absolute Gasteiger partial charge is 0.337 e. The zero-order valence-electron chi connectivity index (χ0n) is 17.2. The number of aromatic nitrogens is 1. The lowest BCUT2D eigenvalue weighted by molar-refractivity contribution is 0.0697. The summed E-state index contributed by atoms with van der Waals surface area (Å²) in [5.74, 6) is -0.666. The second kappa shape index (κ2) is 11.1. The normalized spacial score (nSPS) is 12.3. The number of pyridine rings is 1. The number of halogens is 1. The molecule has 3 N–H and O–H groups in total. The molecule has 0 radical (unpaired) electrons. The molecule has 32 heavy (non-hydrogen) atoms. The van der Waals surface area contributed by atoms with Crippen LogP contribution in [0.2, 0.25) is 0 Å². The number of hydrogen-bond acceptors (Lipinski definition) is 5. The molecule has 0 fully saturated rings. The van der Waals surface area contributed by atoms with Crippen molar-refractivity contribution in [1.82, 2.24) is 9.71 Å². The van der Waals surface area contributed by atoms with Gasteiger partial charge in [0.15, 0.2) is 0 Å². The van der Waals surface area contributed by atoms with Crippen LogP contribution in [0.1, 0.15) is 33.8 Å². The molecule has 1 atom stereocenters. The summed E-state index contributed by atoms with van der Waals surface area (Å²) >= 11 is 5.96. The zero-order chi connectivity index (χ0) is 23.0. The van der Waals surface area contributed by atoms with Crippen LogP contribution < -0.4 is 10.0 Å². The Kier molecular flexibility index (Phi) is 8.21. The number of alkyl halides is 1. The summed E-state index contributed by atoms with van der Waals surface area (Å²) < 4.78 is 27.8. The van der Waals surface area contributed by atoms with E-state index in [0.717, 1.165) is 11.1 Å². The topological polar surface area (TPSA) is 108 Å². The molecule has 0 aliphatic carbocycles. The van der Waals surface area contributed by atoms with E-state index >= 15 is 0 Å². The molecule has 3 rings (SSSR count). The van der Waals surface area contributed by atoms with Crippen LogP contribution in [0.25, 0.3) is 0 Å². The molecule has 9 heteroatoms. The van der Waals surface area contributed by atoms with Gasteiger partial charge < -0.3 is 10.4 Å². The fourth-order valence-corrected chi connectivity index (χ4v) is 4.57. The van der Waals surface area contributed by atoms with Crippen molar-refractivity contribution in [2.45, 2.75) is 23.8 Å². The van der Waals surface area contributed by atoms with Gasteiger partial charge in [-0.25, -0.2) is 17.9 Å². The molecule has 0 amide bonds. The summed E-state index contributed by atoms with van der Waals surface area (Å²) in [5, 5.41) is 12.8. The number of carbonyl (C=O) groups is 1. The van der Waals surface area contributed by atoms with Crippen molar-refractivity contribution in [1.29, 1.82) is 0 Å². The lowest BCUT2D eigenvalue weighted by Gasteiger charge is -2.19. The van der Waals surface area contributed by atoms with Crippen LogP contribution in [0.15, 0.2) is 78.0 Å². The third-order valence-electron chi connectivity index (χ3n) is 5.01. The quantitative estimate of drug-likeness (QED) is 0.362. The number of benzene rings is 2. The van der Waals surface area contributed by atoms with Gasteiger partial charge in [0, 0.05) is 43.0 Å². The van der Waals surface area contributed by atoms with Crippen molar-refractivity contribution < 1.29 is 18.3 Å². The summed E-state index contributed by atoms with van der Waals surface area (Å²) in [7, 11) is -3.89. The van der Waals surface area contributed by atoms with Gasteiger partial charge in [-0.15, -0.1) is 11.6 Å². The van der Waals surface area contributed by atoms with Crippen molar-refractivity contribution in [2.24, 2.45) is 0 Å². The Bertz CT molecular complexity index is 1140. The van der Waals surface area contributed by atoms with Crippen LogP contribution in [0.3, 0.4) is 0 Å². The number of nitrogens with zero attached hydrogens (tertiary/aromatic N) is 1.